The van der Waals surface area contributed by atoms with Crippen molar-refractivity contribution >= 4 is 22.5 Å². The summed E-state index contributed by atoms with van der Waals surface area (Å²) in [5.41, 5.74) is 4.55. The summed E-state index contributed by atoms with van der Waals surface area (Å²) in [6.07, 6.45) is 6.76. The number of rotatable bonds is 7. The Balaban J connectivity index is 1.56. The van der Waals surface area contributed by atoms with Gasteiger partial charge in [0, 0.05) is 35.0 Å². The van der Waals surface area contributed by atoms with Crippen LogP contribution in [-0.2, 0) is 0 Å². The lowest BCUT2D eigenvalue weighted by atomic mass is 9.86. The molecule has 0 spiro atoms. The Kier molecular flexibility index (Phi) is 5.86. The van der Waals surface area contributed by atoms with Crippen molar-refractivity contribution in [1.82, 2.24) is 24.9 Å². The van der Waals surface area contributed by atoms with Gasteiger partial charge in [0.05, 0.1) is 18.5 Å². The average molecular weight is 455 g/mol. The summed E-state index contributed by atoms with van der Waals surface area (Å²) in [4.78, 5) is 20.1. The SMILES string of the molecule is CCOc1ccc(C(c2ccc(Nc3ccc(C)nc3)nc2F)c2c[nH]c3ncncc23)cc1. The van der Waals surface area contributed by atoms with Gasteiger partial charge in [0.15, 0.2) is 0 Å². The van der Waals surface area contributed by atoms with Crippen molar-refractivity contribution in [2.45, 2.75) is 19.8 Å². The van der Waals surface area contributed by atoms with E-state index in [0.29, 0.717) is 23.6 Å². The predicted molar refractivity (Wildman–Crippen MR) is 129 cm³/mol. The van der Waals surface area contributed by atoms with Gasteiger partial charge in [-0.05, 0) is 61.4 Å². The molecule has 2 N–H and O–H groups in total. The summed E-state index contributed by atoms with van der Waals surface area (Å²) in [6, 6.07) is 15.0. The summed E-state index contributed by atoms with van der Waals surface area (Å²) in [5, 5.41) is 3.93. The van der Waals surface area contributed by atoms with Gasteiger partial charge in [0.25, 0.3) is 0 Å². The molecule has 1 atom stereocenters. The molecule has 0 bridgehead atoms. The quantitative estimate of drug-likeness (QED) is 0.315. The highest BCUT2D eigenvalue weighted by atomic mass is 19.1. The molecule has 0 aliphatic heterocycles. The lowest BCUT2D eigenvalue weighted by molar-refractivity contribution is 0.340. The molecule has 0 aliphatic carbocycles. The number of nitrogens with zero attached hydrogens (tertiary/aromatic N) is 4. The summed E-state index contributed by atoms with van der Waals surface area (Å²) in [5.74, 6) is 0.185. The second kappa shape index (κ2) is 9.27. The maximum Gasteiger partial charge on any atom is 0.218 e. The van der Waals surface area contributed by atoms with Gasteiger partial charge in [-0.2, -0.15) is 4.39 Å². The molecule has 5 rings (SSSR count). The van der Waals surface area contributed by atoms with Gasteiger partial charge in [0.2, 0.25) is 5.95 Å². The van der Waals surface area contributed by atoms with Crippen molar-refractivity contribution in [3.05, 3.63) is 102 Å². The minimum absolute atomic E-state index is 0.402. The van der Waals surface area contributed by atoms with E-state index in [9.17, 15) is 0 Å². The molecule has 7 nitrogen and oxygen atoms in total. The average Bonchev–Trinajstić information content (AvgIpc) is 3.27. The molecule has 1 aromatic carbocycles. The maximum absolute atomic E-state index is 15.5. The predicted octanol–water partition coefficient (Wildman–Crippen LogP) is 5.52. The number of pyridine rings is 2. The highest BCUT2D eigenvalue weighted by Crippen LogP contribution is 2.37. The topological polar surface area (TPSA) is 88.6 Å². The number of H-pyrrole nitrogens is 1. The molecule has 0 saturated carbocycles. The first-order valence-electron chi connectivity index (χ1n) is 11.0. The summed E-state index contributed by atoms with van der Waals surface area (Å²) in [6.45, 7) is 4.42. The molecule has 4 heterocycles. The lowest BCUT2D eigenvalue weighted by Gasteiger charge is -2.19. The van der Waals surface area contributed by atoms with E-state index in [1.54, 1.807) is 24.5 Å². The van der Waals surface area contributed by atoms with Crippen molar-refractivity contribution in [2.24, 2.45) is 0 Å². The number of halogens is 1. The molecule has 0 radical (unpaired) electrons. The number of fused-ring (bicyclic) bond motifs is 1. The minimum atomic E-state index is -0.560. The Morgan fingerprint density at radius 2 is 1.85 bits per heavy atom. The van der Waals surface area contributed by atoms with Gasteiger partial charge in [0.1, 0.15) is 23.5 Å². The monoisotopic (exact) mass is 454 g/mol. The molecule has 8 heteroatoms. The van der Waals surface area contributed by atoms with Crippen molar-refractivity contribution in [2.75, 3.05) is 11.9 Å². The van der Waals surface area contributed by atoms with Crippen LogP contribution in [0.4, 0.5) is 15.9 Å². The van der Waals surface area contributed by atoms with Gasteiger partial charge in [-0.25, -0.2) is 15.0 Å². The summed E-state index contributed by atoms with van der Waals surface area (Å²) in [7, 11) is 0. The number of hydrogen-bond acceptors (Lipinski definition) is 6. The highest BCUT2D eigenvalue weighted by Gasteiger charge is 2.25. The van der Waals surface area contributed by atoms with Crippen LogP contribution in [0.2, 0.25) is 0 Å². The zero-order valence-electron chi connectivity index (χ0n) is 18.8. The van der Waals surface area contributed by atoms with Crippen LogP contribution in [0.3, 0.4) is 0 Å². The number of anilines is 2. The van der Waals surface area contributed by atoms with Gasteiger partial charge in [-0.3, -0.25) is 4.98 Å². The number of benzene rings is 1. The molecule has 0 amide bonds. The zero-order chi connectivity index (χ0) is 23.5. The molecule has 4 aromatic heterocycles. The van der Waals surface area contributed by atoms with E-state index in [1.807, 2.05) is 56.4 Å². The van der Waals surface area contributed by atoms with Crippen molar-refractivity contribution in [3.8, 4) is 5.75 Å². The van der Waals surface area contributed by atoms with Crippen molar-refractivity contribution < 1.29 is 9.13 Å². The third kappa shape index (κ3) is 4.30. The van der Waals surface area contributed by atoms with E-state index in [2.05, 4.69) is 30.2 Å². The molecule has 5 aromatic rings. The second-order valence-electron chi connectivity index (χ2n) is 7.85. The Morgan fingerprint density at radius 1 is 1.00 bits per heavy atom. The van der Waals surface area contributed by atoms with Crippen molar-refractivity contribution in [1.29, 1.82) is 0 Å². The third-order valence-corrected chi connectivity index (χ3v) is 5.60. The van der Waals surface area contributed by atoms with E-state index in [1.165, 1.54) is 6.33 Å². The van der Waals surface area contributed by atoms with Crippen molar-refractivity contribution in [3.63, 3.8) is 0 Å². The van der Waals surface area contributed by atoms with Crippen LogP contribution >= 0.6 is 0 Å². The fourth-order valence-corrected chi connectivity index (χ4v) is 3.99. The number of hydrogen-bond donors (Lipinski definition) is 2. The number of aryl methyl sites for hydroxylation is 1. The first-order valence-corrected chi connectivity index (χ1v) is 11.0. The number of ether oxygens (including phenoxy) is 1. The van der Waals surface area contributed by atoms with E-state index in [0.717, 1.165) is 33.6 Å². The molecule has 0 aliphatic rings. The standard InChI is InChI=1S/C26H23FN6O/c1-3-34-19-8-5-17(6-9-19)24(21-14-30-26-22(21)13-28-15-31-26)20-10-11-23(33-25(20)27)32-18-7-4-16(2)29-12-18/h4-15,24H,3H2,1-2H3,(H,32,33)(H,28,30,31). The van der Waals surface area contributed by atoms with Gasteiger partial charge in [-0.1, -0.05) is 12.1 Å². The first-order chi connectivity index (χ1) is 16.6. The van der Waals surface area contributed by atoms with Crippen LogP contribution in [-0.4, -0.2) is 31.5 Å². The van der Waals surface area contributed by atoms with Gasteiger partial charge < -0.3 is 15.0 Å². The maximum atomic E-state index is 15.5. The lowest BCUT2D eigenvalue weighted by Crippen LogP contribution is -2.08. The van der Waals surface area contributed by atoms with E-state index >= 15 is 4.39 Å². The molecule has 0 fully saturated rings. The molecule has 0 saturated heterocycles. The fourth-order valence-electron chi connectivity index (χ4n) is 3.99. The molecular weight excluding hydrogens is 431 g/mol. The van der Waals surface area contributed by atoms with Crippen LogP contribution in [0.25, 0.3) is 11.0 Å². The number of aromatic nitrogens is 5. The fraction of sp³-hybridized carbons (Fsp3) is 0.154. The highest BCUT2D eigenvalue weighted by molar-refractivity contribution is 5.80. The first kappa shape index (κ1) is 21.5. The Labute approximate surface area is 196 Å². The van der Waals surface area contributed by atoms with E-state index < -0.39 is 11.9 Å². The molecule has 34 heavy (non-hydrogen) atoms. The van der Waals surface area contributed by atoms with E-state index in [-0.39, 0.29) is 0 Å². The second-order valence-corrected chi connectivity index (χ2v) is 7.85. The van der Waals surface area contributed by atoms with Crippen LogP contribution < -0.4 is 10.1 Å². The van der Waals surface area contributed by atoms with Crippen LogP contribution in [0.1, 0.15) is 35.2 Å². The largest absolute Gasteiger partial charge is 0.494 e. The van der Waals surface area contributed by atoms with Crippen LogP contribution in [0.5, 0.6) is 5.75 Å². The summed E-state index contributed by atoms with van der Waals surface area (Å²) < 4.78 is 21.1. The Hall–Kier alpha value is -4.33. The smallest absolute Gasteiger partial charge is 0.218 e. The zero-order valence-corrected chi connectivity index (χ0v) is 18.8. The minimum Gasteiger partial charge on any atom is -0.494 e. The number of aromatic amines is 1. The molecule has 170 valence electrons. The number of nitrogens with one attached hydrogen (secondary N) is 2. The molecular formula is C26H23FN6O. The van der Waals surface area contributed by atoms with E-state index in [4.69, 9.17) is 4.74 Å². The van der Waals surface area contributed by atoms with Crippen LogP contribution in [0.15, 0.2) is 73.4 Å². The Morgan fingerprint density at radius 3 is 2.59 bits per heavy atom. The molecule has 1 unspecified atom stereocenters. The third-order valence-electron chi connectivity index (χ3n) is 5.60. The normalized spacial score (nSPS) is 12.0. The van der Waals surface area contributed by atoms with Gasteiger partial charge in [-0.15, -0.1) is 0 Å². The van der Waals surface area contributed by atoms with Gasteiger partial charge >= 0.3 is 0 Å². The van der Waals surface area contributed by atoms with Crippen LogP contribution in [0, 0.1) is 12.9 Å². The Bertz CT molecular complexity index is 1420. The summed E-state index contributed by atoms with van der Waals surface area (Å²) >= 11 is 0.